The highest BCUT2D eigenvalue weighted by atomic mass is 35.5. The third-order valence-corrected chi connectivity index (χ3v) is 2.65. The Labute approximate surface area is 105 Å². The van der Waals surface area contributed by atoms with Gasteiger partial charge in [-0.05, 0) is 24.3 Å². The Morgan fingerprint density at radius 1 is 1.18 bits per heavy atom. The highest BCUT2D eigenvalue weighted by molar-refractivity contribution is 6.29. The van der Waals surface area contributed by atoms with Crippen molar-refractivity contribution in [1.29, 1.82) is 0 Å². The summed E-state index contributed by atoms with van der Waals surface area (Å²) in [6.07, 6.45) is 0. The Bertz CT molecular complexity index is 516. The van der Waals surface area contributed by atoms with Gasteiger partial charge in [0.2, 0.25) is 0 Å². The first-order valence-corrected chi connectivity index (χ1v) is 5.62. The molecule has 0 aliphatic heterocycles. The summed E-state index contributed by atoms with van der Waals surface area (Å²) in [5.74, 6) is -0.239. The summed E-state index contributed by atoms with van der Waals surface area (Å²) in [4.78, 5) is 5.97. The molecule has 0 radical (unpaired) electrons. The average molecular weight is 251 g/mol. The van der Waals surface area contributed by atoms with Crippen molar-refractivity contribution in [2.75, 3.05) is 11.9 Å². The van der Waals surface area contributed by atoms with E-state index in [-0.39, 0.29) is 5.82 Å². The molecule has 1 aromatic heterocycles. The van der Waals surface area contributed by atoms with Gasteiger partial charge in [-0.25, -0.2) is 9.37 Å². The number of hydrogen-bond donors (Lipinski definition) is 0. The lowest BCUT2D eigenvalue weighted by Crippen LogP contribution is -2.18. The normalized spacial score (nSPS) is 10.3. The van der Waals surface area contributed by atoms with Crippen LogP contribution in [0.4, 0.5) is 10.1 Å². The standard InChI is InChI=1S/C13H12ClFN2/c1-17(12-7-3-2-6-11(12)15)9-10-5-4-8-13(14)16-10/h2-8H,9H2,1H3. The molecule has 2 rings (SSSR count). The van der Waals surface area contributed by atoms with Gasteiger partial charge in [0.1, 0.15) is 11.0 Å². The lowest BCUT2D eigenvalue weighted by Gasteiger charge is -2.19. The van der Waals surface area contributed by atoms with Gasteiger partial charge in [0.05, 0.1) is 17.9 Å². The minimum Gasteiger partial charge on any atom is -0.366 e. The van der Waals surface area contributed by atoms with Gasteiger partial charge in [-0.15, -0.1) is 0 Å². The molecule has 0 atom stereocenters. The zero-order chi connectivity index (χ0) is 12.3. The highest BCUT2D eigenvalue weighted by Crippen LogP contribution is 2.19. The molecular weight excluding hydrogens is 239 g/mol. The summed E-state index contributed by atoms with van der Waals surface area (Å²) in [6.45, 7) is 0.515. The third-order valence-electron chi connectivity index (χ3n) is 2.44. The molecule has 0 spiro atoms. The van der Waals surface area contributed by atoms with E-state index in [4.69, 9.17) is 11.6 Å². The van der Waals surface area contributed by atoms with Gasteiger partial charge in [0.15, 0.2) is 0 Å². The fraction of sp³-hybridized carbons (Fsp3) is 0.154. The van der Waals surface area contributed by atoms with Crippen LogP contribution in [0.2, 0.25) is 5.15 Å². The molecule has 0 aliphatic carbocycles. The summed E-state index contributed by atoms with van der Waals surface area (Å²) in [5, 5.41) is 0.449. The summed E-state index contributed by atoms with van der Waals surface area (Å²) in [5.41, 5.74) is 1.36. The van der Waals surface area contributed by atoms with Gasteiger partial charge in [-0.2, -0.15) is 0 Å². The van der Waals surface area contributed by atoms with Crippen LogP contribution in [0.1, 0.15) is 5.69 Å². The predicted octanol–water partition coefficient (Wildman–Crippen LogP) is 3.51. The van der Waals surface area contributed by atoms with E-state index >= 15 is 0 Å². The topological polar surface area (TPSA) is 16.1 Å². The molecule has 2 nitrogen and oxygen atoms in total. The van der Waals surface area contributed by atoms with Gasteiger partial charge in [-0.1, -0.05) is 29.8 Å². The van der Waals surface area contributed by atoms with Crippen LogP contribution in [0, 0.1) is 5.82 Å². The molecule has 1 aromatic carbocycles. The van der Waals surface area contributed by atoms with Crippen molar-refractivity contribution in [3.63, 3.8) is 0 Å². The first-order valence-electron chi connectivity index (χ1n) is 5.24. The zero-order valence-corrected chi connectivity index (χ0v) is 10.2. The number of hydrogen-bond acceptors (Lipinski definition) is 2. The van der Waals surface area contributed by atoms with E-state index in [0.29, 0.717) is 17.4 Å². The molecular formula is C13H12ClFN2. The maximum Gasteiger partial charge on any atom is 0.146 e. The number of anilines is 1. The maximum atomic E-state index is 13.5. The number of rotatable bonds is 3. The summed E-state index contributed by atoms with van der Waals surface area (Å²) in [7, 11) is 1.82. The first-order chi connectivity index (χ1) is 8.16. The number of aromatic nitrogens is 1. The van der Waals surface area contributed by atoms with Gasteiger partial charge in [0.25, 0.3) is 0 Å². The second kappa shape index (κ2) is 5.15. The van der Waals surface area contributed by atoms with Crippen molar-refractivity contribution in [1.82, 2.24) is 4.98 Å². The van der Waals surface area contributed by atoms with E-state index in [1.165, 1.54) is 6.07 Å². The minimum atomic E-state index is -0.239. The fourth-order valence-corrected chi connectivity index (χ4v) is 1.81. The Morgan fingerprint density at radius 2 is 1.94 bits per heavy atom. The molecule has 17 heavy (non-hydrogen) atoms. The first kappa shape index (κ1) is 11.9. The van der Waals surface area contributed by atoms with Crippen molar-refractivity contribution >= 4 is 17.3 Å². The van der Waals surface area contributed by atoms with Gasteiger partial charge in [0, 0.05) is 7.05 Å². The maximum absolute atomic E-state index is 13.5. The number of benzene rings is 1. The molecule has 4 heteroatoms. The molecule has 0 amide bonds. The lowest BCUT2D eigenvalue weighted by atomic mass is 10.2. The number of halogens is 2. The van der Waals surface area contributed by atoms with Crippen LogP contribution in [-0.4, -0.2) is 12.0 Å². The smallest absolute Gasteiger partial charge is 0.146 e. The highest BCUT2D eigenvalue weighted by Gasteiger charge is 2.07. The van der Waals surface area contributed by atoms with Crippen LogP contribution in [0.3, 0.4) is 0 Å². The summed E-state index contributed by atoms with van der Waals surface area (Å²) in [6, 6.07) is 12.1. The molecule has 2 aromatic rings. The predicted molar refractivity (Wildman–Crippen MR) is 67.8 cm³/mol. The SMILES string of the molecule is CN(Cc1cccc(Cl)n1)c1ccccc1F. The quantitative estimate of drug-likeness (QED) is 0.775. The molecule has 88 valence electrons. The van der Waals surface area contributed by atoms with Crippen LogP contribution in [0.25, 0.3) is 0 Å². The monoisotopic (exact) mass is 250 g/mol. The minimum absolute atomic E-state index is 0.239. The molecule has 0 saturated carbocycles. The molecule has 0 bridgehead atoms. The molecule has 0 unspecified atom stereocenters. The molecule has 1 heterocycles. The molecule has 0 aliphatic rings. The largest absolute Gasteiger partial charge is 0.366 e. The average Bonchev–Trinajstić information content (AvgIpc) is 2.29. The Hall–Kier alpha value is -1.61. The Balaban J connectivity index is 2.17. The van der Waals surface area contributed by atoms with Crippen LogP contribution in [0.5, 0.6) is 0 Å². The van der Waals surface area contributed by atoms with E-state index in [9.17, 15) is 4.39 Å². The van der Waals surface area contributed by atoms with Gasteiger partial charge >= 0.3 is 0 Å². The zero-order valence-electron chi connectivity index (χ0n) is 9.40. The van der Waals surface area contributed by atoms with E-state index in [0.717, 1.165) is 5.69 Å². The Morgan fingerprint density at radius 3 is 2.65 bits per heavy atom. The van der Waals surface area contributed by atoms with Crippen molar-refractivity contribution in [2.45, 2.75) is 6.54 Å². The van der Waals surface area contributed by atoms with E-state index in [1.54, 1.807) is 29.2 Å². The number of nitrogens with zero attached hydrogens (tertiary/aromatic N) is 2. The second-order valence-electron chi connectivity index (χ2n) is 3.76. The van der Waals surface area contributed by atoms with Crippen molar-refractivity contribution < 1.29 is 4.39 Å². The fourth-order valence-electron chi connectivity index (χ4n) is 1.63. The van der Waals surface area contributed by atoms with Gasteiger partial charge < -0.3 is 4.90 Å². The van der Waals surface area contributed by atoms with E-state index in [2.05, 4.69) is 4.98 Å². The van der Waals surface area contributed by atoms with Crippen LogP contribution >= 0.6 is 11.6 Å². The van der Waals surface area contributed by atoms with Crippen molar-refractivity contribution in [2.24, 2.45) is 0 Å². The Kier molecular flexibility index (Phi) is 3.59. The van der Waals surface area contributed by atoms with Crippen LogP contribution in [-0.2, 0) is 6.54 Å². The second-order valence-corrected chi connectivity index (χ2v) is 4.15. The summed E-state index contributed by atoms with van der Waals surface area (Å²) >= 11 is 5.80. The summed E-state index contributed by atoms with van der Waals surface area (Å²) < 4.78 is 13.5. The van der Waals surface area contributed by atoms with E-state index < -0.39 is 0 Å². The lowest BCUT2D eigenvalue weighted by molar-refractivity contribution is 0.621. The molecule has 0 fully saturated rings. The van der Waals surface area contributed by atoms with Gasteiger partial charge in [-0.3, -0.25) is 0 Å². The number of pyridine rings is 1. The van der Waals surface area contributed by atoms with Crippen LogP contribution < -0.4 is 4.90 Å². The number of para-hydroxylation sites is 1. The van der Waals surface area contributed by atoms with E-state index in [1.807, 2.05) is 19.2 Å². The van der Waals surface area contributed by atoms with Crippen molar-refractivity contribution in [3.8, 4) is 0 Å². The molecule has 0 saturated heterocycles. The van der Waals surface area contributed by atoms with Crippen LogP contribution in [0.15, 0.2) is 42.5 Å². The van der Waals surface area contributed by atoms with Crippen molar-refractivity contribution in [3.05, 3.63) is 59.1 Å². The third kappa shape index (κ3) is 2.94. The molecule has 0 N–H and O–H groups in total.